The van der Waals surface area contributed by atoms with E-state index in [-0.39, 0.29) is 0 Å². The van der Waals surface area contributed by atoms with Gasteiger partial charge in [-0.25, -0.2) is 8.42 Å². The molecule has 2 atom stereocenters. The largest absolute Gasteiger partial charge is 0.329 e. The summed E-state index contributed by atoms with van der Waals surface area (Å²) in [5.41, 5.74) is -0.468. The number of benzene rings is 1. The second-order valence-corrected chi connectivity index (χ2v) is 8.97. The maximum Gasteiger partial charge on any atom is 0.241 e. The molecule has 0 radical (unpaired) electrons. The summed E-state index contributed by atoms with van der Waals surface area (Å²) in [6.07, 6.45) is 3.73. The van der Waals surface area contributed by atoms with E-state index in [9.17, 15) is 8.42 Å². The summed E-state index contributed by atoms with van der Waals surface area (Å²) in [5.74, 6) is 0. The molecule has 0 aliphatic carbocycles. The number of hydrogen-bond acceptors (Lipinski definition) is 2. The smallest absolute Gasteiger partial charge is 0.241 e. The van der Waals surface area contributed by atoms with Gasteiger partial charge in [-0.2, -0.15) is 4.72 Å². The Balaban J connectivity index is 2.10. The van der Waals surface area contributed by atoms with Gasteiger partial charge in [-0.1, -0.05) is 18.2 Å². The summed E-state index contributed by atoms with van der Waals surface area (Å²) >= 11 is 0. The van der Waals surface area contributed by atoms with E-state index >= 15 is 0 Å². The second-order valence-electron chi connectivity index (χ2n) is 7.29. The molecule has 2 N–H and O–H groups in total. The zero-order valence-electron chi connectivity index (χ0n) is 14.1. The van der Waals surface area contributed by atoms with Crippen LogP contribution < -0.4 is 9.62 Å². The van der Waals surface area contributed by atoms with Crippen LogP contribution >= 0.6 is 0 Å². The molecule has 1 saturated heterocycles. The molecule has 0 saturated carbocycles. The standard InChI is InChI=1S/C17H28N2O2S/c1-14-9-8-10-15(2)19(14)13-17(3,4)18-22(20,21)16-11-6-5-7-12-16/h5-7,11-12,14-15,18H,8-10,13H2,1-4H3/p+1/t14-,15-/m1/s1. The Labute approximate surface area is 135 Å². The van der Waals surface area contributed by atoms with E-state index in [0.717, 1.165) is 6.54 Å². The van der Waals surface area contributed by atoms with E-state index in [0.29, 0.717) is 17.0 Å². The number of likely N-dealkylation sites (tertiary alicyclic amines) is 1. The van der Waals surface area contributed by atoms with Crippen LogP contribution in [0.1, 0.15) is 47.0 Å². The van der Waals surface area contributed by atoms with E-state index in [4.69, 9.17) is 0 Å². The first-order valence-corrected chi connectivity index (χ1v) is 9.64. The molecule has 0 spiro atoms. The summed E-state index contributed by atoms with van der Waals surface area (Å²) in [6.45, 7) is 9.31. The fraction of sp³-hybridized carbons (Fsp3) is 0.647. The Kier molecular flexibility index (Phi) is 5.30. The Bertz CT molecular complexity index is 574. The molecule has 2 rings (SSSR count). The lowest BCUT2D eigenvalue weighted by molar-refractivity contribution is -0.954. The minimum atomic E-state index is -3.47. The second kappa shape index (κ2) is 6.69. The van der Waals surface area contributed by atoms with Crippen molar-refractivity contribution in [3.63, 3.8) is 0 Å². The van der Waals surface area contributed by atoms with Gasteiger partial charge in [0.05, 0.1) is 29.1 Å². The first kappa shape index (κ1) is 17.4. The minimum absolute atomic E-state index is 0.331. The van der Waals surface area contributed by atoms with Crippen LogP contribution in [-0.4, -0.2) is 32.6 Å². The monoisotopic (exact) mass is 325 g/mol. The van der Waals surface area contributed by atoms with Crippen LogP contribution in [-0.2, 0) is 10.0 Å². The summed E-state index contributed by atoms with van der Waals surface area (Å²) in [7, 11) is -3.47. The van der Waals surface area contributed by atoms with Crippen molar-refractivity contribution in [3.8, 4) is 0 Å². The molecule has 1 aromatic rings. The van der Waals surface area contributed by atoms with Gasteiger partial charge in [0, 0.05) is 0 Å². The normalized spacial score (nSPS) is 24.4. The fourth-order valence-electron chi connectivity index (χ4n) is 3.50. The van der Waals surface area contributed by atoms with Gasteiger partial charge in [0.1, 0.15) is 0 Å². The third-order valence-corrected chi connectivity index (χ3v) is 6.36. The molecule has 22 heavy (non-hydrogen) atoms. The van der Waals surface area contributed by atoms with Crippen LogP contribution in [0.4, 0.5) is 0 Å². The third kappa shape index (κ3) is 4.31. The quantitative estimate of drug-likeness (QED) is 0.864. The van der Waals surface area contributed by atoms with Crippen molar-refractivity contribution >= 4 is 10.0 Å². The van der Waals surface area contributed by atoms with E-state index in [1.54, 1.807) is 24.3 Å². The van der Waals surface area contributed by atoms with Gasteiger partial charge < -0.3 is 4.90 Å². The van der Waals surface area contributed by atoms with Gasteiger partial charge >= 0.3 is 0 Å². The lowest BCUT2D eigenvalue weighted by atomic mass is 9.94. The Morgan fingerprint density at radius 1 is 1.14 bits per heavy atom. The molecule has 0 amide bonds. The minimum Gasteiger partial charge on any atom is -0.329 e. The van der Waals surface area contributed by atoms with Crippen LogP contribution in [0.2, 0.25) is 0 Å². The SMILES string of the molecule is C[C@@H]1CCC[C@@H](C)[NH+]1CC(C)(C)NS(=O)(=O)c1ccccc1. The Hall–Kier alpha value is -0.910. The molecular weight excluding hydrogens is 296 g/mol. The van der Waals surface area contributed by atoms with Gasteiger partial charge in [-0.05, 0) is 59.1 Å². The highest BCUT2D eigenvalue weighted by Gasteiger charge is 2.36. The van der Waals surface area contributed by atoms with E-state index in [2.05, 4.69) is 18.6 Å². The maximum absolute atomic E-state index is 12.5. The number of nitrogens with one attached hydrogen (secondary N) is 2. The van der Waals surface area contributed by atoms with Crippen LogP contribution in [0.3, 0.4) is 0 Å². The van der Waals surface area contributed by atoms with Crippen LogP contribution in [0.15, 0.2) is 35.2 Å². The molecule has 1 aromatic carbocycles. The first-order chi connectivity index (χ1) is 10.2. The van der Waals surface area contributed by atoms with Crippen molar-refractivity contribution in [1.29, 1.82) is 0 Å². The summed E-state index contributed by atoms with van der Waals surface area (Å²) in [5, 5.41) is 0. The van der Waals surface area contributed by atoms with Crippen LogP contribution in [0.5, 0.6) is 0 Å². The Morgan fingerprint density at radius 2 is 1.68 bits per heavy atom. The van der Waals surface area contributed by atoms with Crippen molar-refractivity contribution in [2.24, 2.45) is 0 Å². The number of quaternary nitrogens is 1. The third-order valence-electron chi connectivity index (χ3n) is 4.65. The predicted octanol–water partition coefficient (Wildman–Crippen LogP) is 1.59. The highest BCUT2D eigenvalue weighted by atomic mass is 32.2. The molecule has 5 heteroatoms. The molecule has 0 bridgehead atoms. The lowest BCUT2D eigenvalue weighted by Crippen LogP contribution is -3.21. The van der Waals surface area contributed by atoms with Gasteiger partial charge in [-0.15, -0.1) is 0 Å². The molecule has 1 aliphatic rings. The van der Waals surface area contributed by atoms with Gasteiger partial charge in [0.25, 0.3) is 0 Å². The zero-order chi connectivity index (χ0) is 16.4. The highest BCUT2D eigenvalue weighted by molar-refractivity contribution is 7.89. The molecule has 124 valence electrons. The van der Waals surface area contributed by atoms with Crippen molar-refractivity contribution in [3.05, 3.63) is 30.3 Å². The topological polar surface area (TPSA) is 50.6 Å². The number of hydrogen-bond donors (Lipinski definition) is 2. The Morgan fingerprint density at radius 3 is 2.23 bits per heavy atom. The van der Waals surface area contributed by atoms with Gasteiger partial charge in [0.2, 0.25) is 10.0 Å². The van der Waals surface area contributed by atoms with E-state index < -0.39 is 15.6 Å². The average Bonchev–Trinajstić information content (AvgIpc) is 2.43. The maximum atomic E-state index is 12.5. The van der Waals surface area contributed by atoms with Crippen molar-refractivity contribution in [2.75, 3.05) is 6.54 Å². The fourth-order valence-corrected chi connectivity index (χ4v) is 4.94. The summed E-state index contributed by atoms with van der Waals surface area (Å²) in [4.78, 5) is 1.84. The molecule has 4 nitrogen and oxygen atoms in total. The van der Waals surface area contributed by atoms with Gasteiger partial charge in [0.15, 0.2) is 0 Å². The number of piperidine rings is 1. The summed E-state index contributed by atoms with van der Waals surface area (Å²) < 4.78 is 28.0. The molecule has 1 aliphatic heterocycles. The lowest BCUT2D eigenvalue weighted by Gasteiger charge is -2.40. The predicted molar refractivity (Wildman–Crippen MR) is 89.4 cm³/mol. The average molecular weight is 325 g/mol. The molecule has 1 heterocycles. The number of rotatable bonds is 5. The first-order valence-electron chi connectivity index (χ1n) is 8.16. The van der Waals surface area contributed by atoms with Gasteiger partial charge in [-0.3, -0.25) is 0 Å². The number of sulfonamides is 1. The highest BCUT2D eigenvalue weighted by Crippen LogP contribution is 2.13. The molecule has 0 unspecified atom stereocenters. The van der Waals surface area contributed by atoms with Crippen molar-refractivity contribution < 1.29 is 13.3 Å². The molecular formula is C17H29N2O2S+. The molecule has 0 aromatic heterocycles. The van der Waals surface area contributed by atoms with Crippen molar-refractivity contribution in [1.82, 2.24) is 4.72 Å². The van der Waals surface area contributed by atoms with E-state index in [1.807, 2.05) is 19.9 Å². The van der Waals surface area contributed by atoms with Crippen LogP contribution in [0, 0.1) is 0 Å². The summed E-state index contributed by atoms with van der Waals surface area (Å²) in [6, 6.07) is 9.78. The molecule has 1 fully saturated rings. The van der Waals surface area contributed by atoms with E-state index in [1.165, 1.54) is 24.2 Å². The van der Waals surface area contributed by atoms with Crippen molar-refractivity contribution in [2.45, 2.75) is 69.5 Å². The van der Waals surface area contributed by atoms with Crippen LogP contribution in [0.25, 0.3) is 0 Å². The zero-order valence-corrected chi connectivity index (χ0v) is 14.9.